The van der Waals surface area contributed by atoms with E-state index in [1.165, 1.54) is 7.11 Å². The van der Waals surface area contributed by atoms with Gasteiger partial charge in [-0.05, 0) is 12.1 Å². The highest BCUT2D eigenvalue weighted by Gasteiger charge is 2.09. The van der Waals surface area contributed by atoms with Crippen molar-refractivity contribution >= 4 is 6.16 Å². The van der Waals surface area contributed by atoms with Crippen LogP contribution in [0.3, 0.4) is 0 Å². The first kappa shape index (κ1) is 11.3. The van der Waals surface area contributed by atoms with E-state index in [0.717, 1.165) is 0 Å². The lowest BCUT2D eigenvalue weighted by molar-refractivity contribution is 0.0799. The summed E-state index contributed by atoms with van der Waals surface area (Å²) in [5.74, 6) is 0.724. The summed E-state index contributed by atoms with van der Waals surface area (Å²) in [6.45, 7) is -0.324. The van der Waals surface area contributed by atoms with Crippen LogP contribution in [0, 0.1) is 0 Å². The quantitative estimate of drug-likeness (QED) is 0.600. The van der Waals surface area contributed by atoms with Crippen LogP contribution in [0.2, 0.25) is 0 Å². The van der Waals surface area contributed by atoms with Crippen LogP contribution < -0.4 is 9.47 Å². The Kier molecular flexibility index (Phi) is 4.43. The molecule has 0 spiro atoms. The summed E-state index contributed by atoms with van der Waals surface area (Å²) < 4.78 is 14.3. The molecule has 1 aromatic rings. The molecule has 0 saturated heterocycles. The minimum Gasteiger partial charge on any atom is -0.493 e. The molecule has 0 fully saturated rings. The van der Waals surface area contributed by atoms with Crippen molar-refractivity contribution in [3.8, 4) is 11.5 Å². The summed E-state index contributed by atoms with van der Waals surface area (Å²) >= 11 is 0. The largest absolute Gasteiger partial charge is 0.514 e. The number of benzene rings is 1. The number of hydrogen-bond acceptors (Lipinski definition) is 5. The van der Waals surface area contributed by atoms with Gasteiger partial charge in [-0.25, -0.2) is 4.79 Å². The van der Waals surface area contributed by atoms with E-state index in [1.54, 1.807) is 24.3 Å². The Balaban J connectivity index is 2.59. The molecule has 0 atom stereocenters. The van der Waals surface area contributed by atoms with Gasteiger partial charge in [0.15, 0.2) is 11.5 Å². The maximum Gasteiger partial charge on any atom is 0.514 e. The average molecular weight is 212 g/mol. The lowest BCUT2D eigenvalue weighted by Gasteiger charge is -2.08. The van der Waals surface area contributed by atoms with Crippen molar-refractivity contribution in [2.45, 2.75) is 0 Å². The number of methoxy groups -OCH3 is 1. The van der Waals surface area contributed by atoms with E-state index < -0.39 is 6.16 Å². The molecule has 0 heterocycles. The first-order valence-electron chi connectivity index (χ1n) is 4.36. The van der Waals surface area contributed by atoms with Crippen molar-refractivity contribution in [3.63, 3.8) is 0 Å². The van der Waals surface area contributed by atoms with Gasteiger partial charge in [0.05, 0.1) is 13.7 Å². The van der Waals surface area contributed by atoms with Gasteiger partial charge in [-0.1, -0.05) is 12.1 Å². The highest BCUT2D eigenvalue weighted by molar-refractivity contribution is 5.65. The van der Waals surface area contributed by atoms with Gasteiger partial charge in [0.25, 0.3) is 0 Å². The maximum atomic E-state index is 11.0. The molecule has 15 heavy (non-hydrogen) atoms. The van der Waals surface area contributed by atoms with E-state index in [1.807, 2.05) is 0 Å². The SMILES string of the molecule is COc1ccccc1OC(=O)OCCO. The van der Waals surface area contributed by atoms with Gasteiger partial charge in [-0.3, -0.25) is 0 Å². The Morgan fingerprint density at radius 1 is 1.33 bits per heavy atom. The first-order chi connectivity index (χ1) is 7.27. The van der Waals surface area contributed by atoms with Crippen molar-refractivity contribution < 1.29 is 24.1 Å². The number of hydrogen-bond donors (Lipinski definition) is 1. The average Bonchev–Trinajstić information content (AvgIpc) is 2.27. The highest BCUT2D eigenvalue weighted by atomic mass is 16.7. The van der Waals surface area contributed by atoms with Crippen molar-refractivity contribution in [1.82, 2.24) is 0 Å². The molecular weight excluding hydrogens is 200 g/mol. The smallest absolute Gasteiger partial charge is 0.493 e. The van der Waals surface area contributed by atoms with Gasteiger partial charge in [-0.2, -0.15) is 0 Å². The van der Waals surface area contributed by atoms with Crippen LogP contribution in [0.5, 0.6) is 11.5 Å². The molecule has 0 radical (unpaired) electrons. The van der Waals surface area contributed by atoms with Gasteiger partial charge >= 0.3 is 6.16 Å². The monoisotopic (exact) mass is 212 g/mol. The van der Waals surface area contributed by atoms with Crippen LogP contribution in [0.1, 0.15) is 0 Å². The Morgan fingerprint density at radius 2 is 2.00 bits per heavy atom. The van der Waals surface area contributed by atoms with Crippen molar-refractivity contribution in [1.29, 1.82) is 0 Å². The molecular formula is C10H12O5. The van der Waals surface area contributed by atoms with E-state index in [0.29, 0.717) is 5.75 Å². The molecule has 0 unspecified atom stereocenters. The molecule has 0 saturated carbocycles. The lowest BCUT2D eigenvalue weighted by atomic mass is 10.3. The summed E-state index contributed by atoms with van der Waals surface area (Å²) in [5.41, 5.74) is 0. The van der Waals surface area contributed by atoms with Crippen LogP contribution in [0.15, 0.2) is 24.3 Å². The summed E-state index contributed by atoms with van der Waals surface area (Å²) in [6.07, 6.45) is -0.867. The fourth-order valence-corrected chi connectivity index (χ4v) is 0.951. The minimum atomic E-state index is -0.867. The predicted octanol–water partition coefficient (Wildman–Crippen LogP) is 1.20. The predicted molar refractivity (Wildman–Crippen MR) is 52.1 cm³/mol. The Morgan fingerprint density at radius 3 is 2.60 bits per heavy atom. The molecule has 0 aliphatic heterocycles. The normalized spacial score (nSPS) is 9.47. The van der Waals surface area contributed by atoms with E-state index in [9.17, 15) is 4.79 Å². The molecule has 0 aromatic heterocycles. The molecule has 5 nitrogen and oxygen atoms in total. The fraction of sp³-hybridized carbons (Fsp3) is 0.300. The Labute approximate surface area is 87.2 Å². The molecule has 1 rings (SSSR count). The van der Waals surface area contributed by atoms with E-state index in [-0.39, 0.29) is 19.0 Å². The van der Waals surface area contributed by atoms with E-state index >= 15 is 0 Å². The molecule has 0 aliphatic rings. The van der Waals surface area contributed by atoms with Gasteiger partial charge in [0, 0.05) is 0 Å². The molecule has 0 bridgehead atoms. The number of rotatable bonds is 4. The number of carbonyl (C=O) groups excluding carboxylic acids is 1. The van der Waals surface area contributed by atoms with Crippen LogP contribution in [0.4, 0.5) is 4.79 Å². The molecule has 0 amide bonds. The third-order valence-corrected chi connectivity index (χ3v) is 1.57. The number of carbonyl (C=O) groups is 1. The number of aliphatic hydroxyl groups excluding tert-OH is 1. The van der Waals surface area contributed by atoms with E-state index in [4.69, 9.17) is 14.6 Å². The van der Waals surface area contributed by atoms with Crippen molar-refractivity contribution in [2.75, 3.05) is 20.3 Å². The highest BCUT2D eigenvalue weighted by Crippen LogP contribution is 2.25. The molecule has 1 N–H and O–H groups in total. The molecule has 5 heteroatoms. The van der Waals surface area contributed by atoms with Gasteiger partial charge < -0.3 is 19.3 Å². The van der Waals surface area contributed by atoms with Crippen LogP contribution in [-0.4, -0.2) is 31.6 Å². The van der Waals surface area contributed by atoms with Gasteiger partial charge in [0.1, 0.15) is 6.61 Å². The van der Waals surface area contributed by atoms with Crippen molar-refractivity contribution in [2.24, 2.45) is 0 Å². The standard InChI is InChI=1S/C10H12O5/c1-13-8-4-2-3-5-9(8)15-10(12)14-7-6-11/h2-5,11H,6-7H2,1H3. The number of aliphatic hydroxyl groups is 1. The van der Waals surface area contributed by atoms with Crippen molar-refractivity contribution in [3.05, 3.63) is 24.3 Å². The number of para-hydroxylation sites is 2. The first-order valence-corrected chi connectivity index (χ1v) is 4.36. The lowest BCUT2D eigenvalue weighted by Crippen LogP contribution is -2.13. The second-order valence-electron chi connectivity index (χ2n) is 2.57. The molecule has 82 valence electrons. The third-order valence-electron chi connectivity index (χ3n) is 1.57. The number of ether oxygens (including phenoxy) is 3. The second kappa shape index (κ2) is 5.87. The molecule has 1 aromatic carbocycles. The summed E-state index contributed by atoms with van der Waals surface area (Å²) in [7, 11) is 1.47. The van der Waals surface area contributed by atoms with Crippen LogP contribution >= 0.6 is 0 Å². The zero-order valence-corrected chi connectivity index (χ0v) is 8.30. The van der Waals surface area contributed by atoms with Crippen LogP contribution in [0.25, 0.3) is 0 Å². The zero-order chi connectivity index (χ0) is 11.1. The summed E-state index contributed by atoms with van der Waals surface area (Å²) in [4.78, 5) is 11.0. The third kappa shape index (κ3) is 3.47. The Hall–Kier alpha value is -1.75. The van der Waals surface area contributed by atoms with Gasteiger partial charge in [-0.15, -0.1) is 0 Å². The topological polar surface area (TPSA) is 65.0 Å². The Bertz CT molecular complexity index is 323. The van der Waals surface area contributed by atoms with Gasteiger partial charge in [0.2, 0.25) is 0 Å². The zero-order valence-electron chi connectivity index (χ0n) is 8.30. The summed E-state index contributed by atoms with van der Waals surface area (Å²) in [6, 6.07) is 6.70. The van der Waals surface area contributed by atoms with E-state index in [2.05, 4.69) is 4.74 Å². The minimum absolute atomic E-state index is 0.0893. The van der Waals surface area contributed by atoms with Crippen LogP contribution in [-0.2, 0) is 4.74 Å². The maximum absolute atomic E-state index is 11.0. The fourth-order valence-electron chi connectivity index (χ4n) is 0.951. The second-order valence-corrected chi connectivity index (χ2v) is 2.57. The molecule has 0 aliphatic carbocycles. The summed E-state index contributed by atoms with van der Waals surface area (Å²) in [5, 5.41) is 8.42.